The zero-order valence-corrected chi connectivity index (χ0v) is 8.50. The third-order valence-corrected chi connectivity index (χ3v) is 3.37. The molecule has 0 saturated heterocycles. The maximum atomic E-state index is 10.8. The number of allylic oxidation sites excluding steroid dienone is 2. The Balaban J connectivity index is 2.67. The summed E-state index contributed by atoms with van der Waals surface area (Å²) in [7, 11) is -0.432. The normalized spacial score (nSPS) is 18.2. The van der Waals surface area contributed by atoms with Gasteiger partial charge in [-0.1, -0.05) is 25.5 Å². The van der Waals surface area contributed by atoms with Gasteiger partial charge in [-0.2, -0.15) is 10.9 Å². The highest BCUT2D eigenvalue weighted by molar-refractivity contribution is 8.24. The molecular weight excluding hydrogens is 184 g/mol. The molecule has 0 atom stereocenters. The maximum Gasteiger partial charge on any atom is 0.332 e. The van der Waals surface area contributed by atoms with E-state index in [2.05, 4.69) is 0 Å². The van der Waals surface area contributed by atoms with Gasteiger partial charge in [0.1, 0.15) is 0 Å². The van der Waals surface area contributed by atoms with E-state index in [4.69, 9.17) is 5.11 Å². The van der Waals surface area contributed by atoms with Crippen LogP contribution in [0.4, 0.5) is 0 Å². The quantitative estimate of drug-likeness (QED) is 0.538. The number of hydrogen-bond donors (Lipinski definition) is 2. The van der Waals surface area contributed by atoms with Gasteiger partial charge in [0.2, 0.25) is 0 Å². The van der Waals surface area contributed by atoms with Gasteiger partial charge in [-0.3, -0.25) is 0 Å². The zero-order chi connectivity index (χ0) is 9.68. The third kappa shape index (κ3) is 3.11. The van der Waals surface area contributed by atoms with Crippen molar-refractivity contribution in [2.24, 2.45) is 0 Å². The molecule has 1 aliphatic rings. The first-order valence-corrected chi connectivity index (χ1v) is 5.85. The van der Waals surface area contributed by atoms with Crippen molar-refractivity contribution >= 4 is 16.9 Å². The molecule has 0 aromatic carbocycles. The first-order valence-electron chi connectivity index (χ1n) is 4.30. The van der Waals surface area contributed by atoms with Crippen LogP contribution in [0.1, 0.15) is 19.8 Å². The average molecular weight is 198 g/mol. The minimum absolute atomic E-state index is 0.432. The van der Waals surface area contributed by atoms with Gasteiger partial charge >= 0.3 is 5.97 Å². The molecule has 1 rings (SSSR count). The lowest BCUT2D eigenvalue weighted by atomic mass is 10.2. The Morgan fingerprint density at radius 3 is 2.54 bits per heavy atom. The molecule has 13 heavy (non-hydrogen) atoms. The molecule has 0 amide bonds. The van der Waals surface area contributed by atoms with Crippen LogP contribution >= 0.6 is 10.9 Å². The van der Waals surface area contributed by atoms with Crippen LogP contribution in [0.5, 0.6) is 0 Å². The molecule has 0 saturated carbocycles. The van der Waals surface area contributed by atoms with Gasteiger partial charge in [0, 0.05) is 5.57 Å². The smallest absolute Gasteiger partial charge is 0.332 e. The van der Waals surface area contributed by atoms with Gasteiger partial charge in [-0.25, -0.2) is 4.79 Å². The van der Waals surface area contributed by atoms with Crippen molar-refractivity contribution < 1.29 is 9.90 Å². The van der Waals surface area contributed by atoms with E-state index in [0.717, 1.165) is 6.42 Å². The average Bonchev–Trinajstić information content (AvgIpc) is 2.56. The van der Waals surface area contributed by atoms with Crippen LogP contribution in [-0.2, 0) is 4.79 Å². The van der Waals surface area contributed by atoms with Crippen molar-refractivity contribution in [3.8, 4) is 0 Å². The second-order valence-electron chi connectivity index (χ2n) is 2.84. The summed E-state index contributed by atoms with van der Waals surface area (Å²) in [5, 5.41) is 14.8. The lowest BCUT2D eigenvalue weighted by Gasteiger charge is -2.05. The van der Waals surface area contributed by atoms with Gasteiger partial charge in [0.25, 0.3) is 0 Å². The van der Waals surface area contributed by atoms with Crippen LogP contribution in [-0.4, -0.2) is 11.1 Å². The van der Waals surface area contributed by atoms with Crippen molar-refractivity contribution in [2.75, 3.05) is 0 Å². The van der Waals surface area contributed by atoms with Crippen LogP contribution in [0.25, 0.3) is 0 Å². The second kappa shape index (κ2) is 4.92. The Morgan fingerprint density at radius 2 is 2.08 bits per heavy atom. The highest BCUT2D eigenvalue weighted by Crippen LogP contribution is 2.35. The molecule has 0 bridgehead atoms. The Bertz CT molecular complexity index is 265. The van der Waals surface area contributed by atoms with Crippen molar-refractivity contribution in [1.82, 2.24) is 0 Å². The van der Waals surface area contributed by atoms with E-state index >= 15 is 0 Å². The minimum Gasteiger partial charge on any atom is -0.478 e. The van der Waals surface area contributed by atoms with E-state index in [-0.39, 0.29) is 0 Å². The Kier molecular flexibility index (Phi) is 3.83. The predicted molar refractivity (Wildman–Crippen MR) is 57.9 cm³/mol. The number of hydrogen-bond acceptors (Lipinski definition) is 1. The fourth-order valence-electron chi connectivity index (χ4n) is 1.11. The summed E-state index contributed by atoms with van der Waals surface area (Å²) in [4.78, 5) is 10.8. The summed E-state index contributed by atoms with van der Waals surface area (Å²) in [6.45, 7) is 1.99. The highest BCUT2D eigenvalue weighted by atomic mass is 32.2. The van der Waals surface area contributed by atoms with Crippen LogP contribution in [0, 0.1) is 0 Å². The molecule has 0 radical (unpaired) electrons. The summed E-state index contributed by atoms with van der Waals surface area (Å²) in [6, 6.07) is 0. The zero-order valence-electron chi connectivity index (χ0n) is 7.60. The van der Waals surface area contributed by atoms with Crippen LogP contribution in [0.15, 0.2) is 33.9 Å². The topological polar surface area (TPSA) is 37.3 Å². The molecule has 0 aromatic heterocycles. The molecular formula is C10H14O2S. The van der Waals surface area contributed by atoms with Crippen molar-refractivity contribution in [1.29, 1.82) is 0 Å². The van der Waals surface area contributed by atoms with Crippen LogP contribution in [0.2, 0.25) is 0 Å². The Morgan fingerprint density at radius 1 is 1.46 bits per heavy atom. The van der Waals surface area contributed by atoms with E-state index in [1.807, 2.05) is 35.3 Å². The van der Waals surface area contributed by atoms with E-state index < -0.39 is 16.9 Å². The fourth-order valence-corrected chi connectivity index (χ4v) is 2.58. The van der Waals surface area contributed by atoms with Crippen molar-refractivity contribution in [3.63, 3.8) is 0 Å². The molecule has 3 heteroatoms. The van der Waals surface area contributed by atoms with E-state index in [1.165, 1.54) is 0 Å². The summed E-state index contributed by atoms with van der Waals surface area (Å²) in [5.41, 5.74) is 0.546. The number of aliphatic carboxylic acids is 1. The largest absolute Gasteiger partial charge is 0.478 e. The monoisotopic (exact) mass is 198 g/mol. The molecule has 72 valence electrons. The van der Waals surface area contributed by atoms with Crippen molar-refractivity contribution in [2.45, 2.75) is 19.8 Å². The Hall–Kier alpha value is -0.960. The fraction of sp³-hybridized carbons (Fsp3) is 0.300. The van der Waals surface area contributed by atoms with Gasteiger partial charge in [-0.15, -0.1) is 0 Å². The molecule has 1 N–H and O–H groups in total. The molecule has 0 unspecified atom stereocenters. The van der Waals surface area contributed by atoms with Gasteiger partial charge in [0.05, 0.1) is 0 Å². The van der Waals surface area contributed by atoms with E-state index in [9.17, 15) is 4.79 Å². The van der Waals surface area contributed by atoms with Gasteiger partial charge in [-0.05, 0) is 22.6 Å². The predicted octanol–water partition coefficient (Wildman–Crippen LogP) is 2.80. The van der Waals surface area contributed by atoms with Crippen LogP contribution in [0.3, 0.4) is 0 Å². The molecule has 1 aliphatic heterocycles. The van der Waals surface area contributed by atoms with E-state index in [0.29, 0.717) is 12.0 Å². The SMILES string of the molecule is CCCC(=C[SH]1C=CC=C1)C(=O)O. The second-order valence-corrected chi connectivity index (χ2v) is 4.59. The summed E-state index contributed by atoms with van der Waals surface area (Å²) in [5.74, 6) is -0.780. The van der Waals surface area contributed by atoms with Crippen molar-refractivity contribution in [3.05, 3.63) is 33.9 Å². The first kappa shape index (κ1) is 10.1. The molecule has 1 heterocycles. The minimum atomic E-state index is -0.780. The summed E-state index contributed by atoms with van der Waals surface area (Å²) < 4.78 is 0. The molecule has 2 nitrogen and oxygen atoms in total. The molecule has 0 fully saturated rings. The summed E-state index contributed by atoms with van der Waals surface area (Å²) in [6.07, 6.45) is 5.48. The molecule has 0 spiro atoms. The van der Waals surface area contributed by atoms with Gasteiger partial charge in [0.15, 0.2) is 0 Å². The highest BCUT2D eigenvalue weighted by Gasteiger charge is 2.07. The third-order valence-electron chi connectivity index (χ3n) is 1.73. The number of carbonyl (C=O) groups is 1. The first-order chi connectivity index (χ1) is 6.24. The molecule has 0 aliphatic carbocycles. The molecule has 0 aromatic rings. The summed E-state index contributed by atoms with van der Waals surface area (Å²) >= 11 is 0. The maximum absolute atomic E-state index is 10.8. The Labute approximate surface area is 81.0 Å². The van der Waals surface area contributed by atoms with Crippen LogP contribution < -0.4 is 0 Å². The lowest BCUT2D eigenvalue weighted by molar-refractivity contribution is -0.132. The number of carboxylic acids is 1. The van der Waals surface area contributed by atoms with E-state index in [1.54, 1.807) is 0 Å². The standard InChI is InChI=1S/C10H14O2S/c1-2-5-9(10(11)12)8-13-6-3-4-7-13/h3-4,6-8,13H,2,5H2,1H3,(H,11,12). The number of thiol groups is 1. The van der Waals surface area contributed by atoms with Gasteiger partial charge < -0.3 is 5.11 Å². The number of rotatable bonds is 4. The number of carboxylic acid groups (broad SMARTS) is 1. The lowest BCUT2D eigenvalue weighted by Crippen LogP contribution is -1.99.